The van der Waals surface area contributed by atoms with Gasteiger partial charge in [-0.1, -0.05) is 102 Å². The minimum atomic E-state index is -0.367. The number of benzene rings is 5. The minimum Gasteiger partial charge on any atom is -0.489 e. The molecule has 6 aromatic rings. The molecular weight excluding hydrogens is 747 g/mol. The Bertz CT molecular complexity index is 2260. The molecule has 0 aliphatic carbocycles. The Morgan fingerprint density at radius 2 is 1.67 bits per heavy atom. The summed E-state index contributed by atoms with van der Waals surface area (Å²) in [6.07, 6.45) is 4.06. The van der Waals surface area contributed by atoms with Gasteiger partial charge in [0, 0.05) is 37.2 Å². The number of carbonyl (C=O) groups is 1. The number of ether oxygens (including phenoxy) is 1. The first-order valence-corrected chi connectivity index (χ1v) is 19.0. The van der Waals surface area contributed by atoms with E-state index in [1.165, 1.54) is 0 Å². The first kappa shape index (κ1) is 39.0. The number of imidazole rings is 1. The summed E-state index contributed by atoms with van der Waals surface area (Å²) in [7, 11) is 0. The van der Waals surface area contributed by atoms with E-state index in [4.69, 9.17) is 40.2 Å². The van der Waals surface area contributed by atoms with Gasteiger partial charge in [-0.05, 0) is 95.8 Å². The van der Waals surface area contributed by atoms with Crippen molar-refractivity contribution < 1.29 is 9.53 Å². The summed E-state index contributed by atoms with van der Waals surface area (Å²) in [6, 6.07) is 40.7. The number of amides is 1. The van der Waals surface area contributed by atoms with Gasteiger partial charge in [-0.25, -0.2) is 4.98 Å². The second kappa shape index (κ2) is 19.1. The van der Waals surface area contributed by atoms with E-state index >= 15 is 0 Å². The third kappa shape index (κ3) is 11.4. The molecule has 0 radical (unpaired) electrons. The number of nitrogens with one attached hydrogen (secondary N) is 2. The van der Waals surface area contributed by atoms with Gasteiger partial charge in [-0.2, -0.15) is 5.26 Å². The maximum Gasteiger partial charge on any atom is 0.226 e. The molecule has 0 aliphatic heterocycles. The monoisotopic (exact) mass is 786 g/mol. The van der Waals surface area contributed by atoms with Crippen molar-refractivity contribution in [2.75, 3.05) is 11.9 Å². The number of anilines is 1. The van der Waals surface area contributed by atoms with Crippen LogP contribution >= 0.6 is 35.4 Å². The molecule has 0 saturated heterocycles. The predicted octanol–water partition coefficient (Wildman–Crippen LogP) is 9.17. The lowest BCUT2D eigenvalue weighted by Crippen LogP contribution is -2.48. The number of nitriles is 1. The molecule has 1 aromatic heterocycles. The lowest BCUT2D eigenvalue weighted by atomic mass is 10.0. The van der Waals surface area contributed by atoms with Crippen LogP contribution in [0, 0.1) is 18.3 Å². The number of halogens is 2. The van der Waals surface area contributed by atoms with Crippen LogP contribution in [0.4, 0.5) is 5.69 Å². The average Bonchev–Trinajstić information content (AvgIpc) is 3.62. The highest BCUT2D eigenvalue weighted by Crippen LogP contribution is 2.27. The van der Waals surface area contributed by atoms with Crippen molar-refractivity contribution in [3.63, 3.8) is 0 Å². The van der Waals surface area contributed by atoms with E-state index in [0.717, 1.165) is 44.9 Å². The van der Waals surface area contributed by atoms with E-state index in [2.05, 4.69) is 21.7 Å². The number of rotatable bonds is 15. The van der Waals surface area contributed by atoms with Gasteiger partial charge in [0.25, 0.3) is 0 Å². The summed E-state index contributed by atoms with van der Waals surface area (Å²) >= 11 is 19.2. The minimum absolute atomic E-state index is 0.116. The molecule has 0 unspecified atom stereocenters. The number of aryl methyl sites for hydroxylation is 1. The number of carbonyl (C=O) groups excluding carboxylic acids is 1. The summed E-state index contributed by atoms with van der Waals surface area (Å²) in [5.74, 6) is 0.595. The lowest BCUT2D eigenvalue weighted by Gasteiger charge is -2.31. The fraction of sp³-hybridized carbons (Fsp3) is 0.182. The molecule has 0 saturated carbocycles. The Kier molecular flexibility index (Phi) is 13.5. The largest absolute Gasteiger partial charge is 0.489 e. The third-order valence-electron chi connectivity index (χ3n) is 8.99. The highest BCUT2D eigenvalue weighted by atomic mass is 35.5. The van der Waals surface area contributed by atoms with E-state index in [-0.39, 0.29) is 18.4 Å². The topological polar surface area (TPSA) is 95.2 Å². The van der Waals surface area contributed by atoms with Crippen molar-refractivity contribution in [1.82, 2.24) is 19.8 Å². The summed E-state index contributed by atoms with van der Waals surface area (Å²) in [4.78, 5) is 20.2. The van der Waals surface area contributed by atoms with Crippen LogP contribution < -0.4 is 15.4 Å². The van der Waals surface area contributed by atoms with Gasteiger partial charge in [0.2, 0.25) is 5.91 Å². The molecular formula is C44H40Cl2N6O2S. The van der Waals surface area contributed by atoms with E-state index in [1.54, 1.807) is 30.7 Å². The average molecular weight is 788 g/mol. The van der Waals surface area contributed by atoms with Gasteiger partial charge in [0.1, 0.15) is 12.4 Å². The molecule has 8 nitrogen and oxygen atoms in total. The fourth-order valence-corrected chi connectivity index (χ4v) is 6.79. The van der Waals surface area contributed by atoms with Crippen LogP contribution in [0.25, 0.3) is 0 Å². The number of thiocarbonyl (C=S) groups is 1. The van der Waals surface area contributed by atoms with Gasteiger partial charge in [0.15, 0.2) is 5.11 Å². The molecule has 1 amide bonds. The van der Waals surface area contributed by atoms with Crippen molar-refractivity contribution in [2.24, 2.45) is 0 Å². The van der Waals surface area contributed by atoms with Crippen LogP contribution in [0.15, 0.2) is 134 Å². The second-order valence-electron chi connectivity index (χ2n) is 13.3. The zero-order chi connectivity index (χ0) is 38.6. The molecule has 1 heterocycles. The molecule has 55 heavy (non-hydrogen) atoms. The van der Waals surface area contributed by atoms with Crippen LogP contribution in [-0.4, -0.2) is 38.1 Å². The van der Waals surface area contributed by atoms with Gasteiger partial charge >= 0.3 is 0 Å². The molecule has 11 heteroatoms. The first-order chi connectivity index (χ1) is 26.7. The Hall–Kier alpha value is -5.66. The fourth-order valence-electron chi connectivity index (χ4n) is 6.16. The smallest absolute Gasteiger partial charge is 0.226 e. The predicted molar refractivity (Wildman–Crippen MR) is 223 cm³/mol. The molecule has 0 spiro atoms. The van der Waals surface area contributed by atoms with Crippen molar-refractivity contribution in [3.05, 3.63) is 183 Å². The Balaban J connectivity index is 1.23. The van der Waals surface area contributed by atoms with Gasteiger partial charge in [-0.15, -0.1) is 0 Å². The molecule has 1 atom stereocenters. The van der Waals surface area contributed by atoms with Crippen LogP contribution in [0.3, 0.4) is 0 Å². The van der Waals surface area contributed by atoms with E-state index in [1.807, 2.05) is 120 Å². The summed E-state index contributed by atoms with van der Waals surface area (Å²) in [5.41, 5.74) is 7.21. The molecule has 0 bridgehead atoms. The normalized spacial score (nSPS) is 11.3. The summed E-state index contributed by atoms with van der Waals surface area (Å²) < 4.78 is 7.98. The Morgan fingerprint density at radius 1 is 0.927 bits per heavy atom. The van der Waals surface area contributed by atoms with Crippen LogP contribution in [-0.2, 0) is 37.3 Å². The maximum atomic E-state index is 13.9. The van der Waals surface area contributed by atoms with Gasteiger partial charge < -0.3 is 24.8 Å². The lowest BCUT2D eigenvalue weighted by molar-refractivity contribution is -0.121. The first-order valence-electron chi connectivity index (χ1n) is 17.8. The summed E-state index contributed by atoms with van der Waals surface area (Å²) in [5, 5.41) is 17.3. The Labute approximate surface area is 337 Å². The molecule has 6 rings (SSSR count). The molecule has 0 fully saturated rings. The van der Waals surface area contributed by atoms with E-state index < -0.39 is 0 Å². The Morgan fingerprint density at radius 3 is 2.42 bits per heavy atom. The quantitative estimate of drug-likeness (QED) is 0.100. The van der Waals surface area contributed by atoms with Gasteiger partial charge in [-0.3, -0.25) is 4.79 Å². The molecule has 0 aliphatic rings. The van der Waals surface area contributed by atoms with E-state index in [0.29, 0.717) is 53.4 Å². The van der Waals surface area contributed by atoms with Crippen LogP contribution in [0.5, 0.6) is 5.75 Å². The highest BCUT2D eigenvalue weighted by molar-refractivity contribution is 7.80. The van der Waals surface area contributed by atoms with E-state index in [9.17, 15) is 10.1 Å². The SMILES string of the molecule is Cc1cccc(NC(=S)N(Cc2cccc(Cl)c2Cl)C[C@H](Cc2ccc(OCc3ccccc3)cc2)NC(=O)Cc2cncn2Cc2ccc(C#N)cc2)c1. The standard InChI is InChI=1S/C44H40Cl2N6O2S/c1-31-7-5-11-37(21-31)50-44(55)51(27-36-10-6-12-41(45)43(36)46)28-38(22-32-17-19-40(20-18-32)54-29-35-8-3-2-4-9-35)49-42(53)23-39-25-48-30-52(39)26-34-15-13-33(24-47)14-16-34/h2-21,25,30,38H,22-23,26-29H2,1H3,(H,49,53)(H,50,55)/t38-/m0/s1. The van der Waals surface area contributed by atoms with Crippen LogP contribution in [0.1, 0.15) is 39.1 Å². The zero-order valence-electron chi connectivity index (χ0n) is 30.3. The molecule has 5 aromatic carbocycles. The third-order valence-corrected chi connectivity index (χ3v) is 10.2. The highest BCUT2D eigenvalue weighted by Gasteiger charge is 2.22. The number of hydrogen-bond donors (Lipinski definition) is 2. The molecule has 278 valence electrons. The number of hydrogen-bond acceptors (Lipinski definition) is 5. The van der Waals surface area contributed by atoms with Crippen LogP contribution in [0.2, 0.25) is 10.0 Å². The maximum absolute atomic E-state index is 13.9. The number of nitrogens with zero attached hydrogens (tertiary/aromatic N) is 4. The van der Waals surface area contributed by atoms with Gasteiger partial charge in [0.05, 0.1) is 40.5 Å². The van der Waals surface area contributed by atoms with Crippen molar-refractivity contribution >= 4 is 52.1 Å². The number of aromatic nitrogens is 2. The molecule has 2 N–H and O–H groups in total. The van der Waals surface area contributed by atoms with Crippen molar-refractivity contribution in [3.8, 4) is 11.8 Å². The summed E-state index contributed by atoms with van der Waals surface area (Å²) in [6.45, 7) is 3.73. The van der Waals surface area contributed by atoms with Crippen molar-refractivity contribution in [2.45, 2.75) is 45.5 Å². The van der Waals surface area contributed by atoms with Crippen molar-refractivity contribution in [1.29, 1.82) is 5.26 Å². The zero-order valence-corrected chi connectivity index (χ0v) is 32.6. The second-order valence-corrected chi connectivity index (χ2v) is 14.5.